The molecule has 0 amide bonds. The van der Waals surface area contributed by atoms with Gasteiger partial charge in [-0.2, -0.15) is 0 Å². The Morgan fingerprint density at radius 2 is 0.734 bits per heavy atom. The molecule has 2 aliphatic heterocycles. The number of benzene rings is 10. The fourth-order valence-corrected chi connectivity index (χ4v) is 17.4. The lowest BCUT2D eigenvalue weighted by molar-refractivity contribution is 0.707. The predicted molar refractivity (Wildman–Crippen MR) is 272 cm³/mol. The van der Waals surface area contributed by atoms with Crippen molar-refractivity contribution >= 4 is 57.6 Å². The van der Waals surface area contributed by atoms with Crippen molar-refractivity contribution in [3.63, 3.8) is 0 Å². The molecular weight excluding hydrogens is 807 g/mol. The van der Waals surface area contributed by atoms with Crippen molar-refractivity contribution in [1.82, 2.24) is 0 Å². The average Bonchev–Trinajstić information content (AvgIpc) is 3.38. The molecule has 0 atom stereocenters. The first-order chi connectivity index (χ1) is 31.7. The van der Waals surface area contributed by atoms with Gasteiger partial charge in [0, 0.05) is 26.9 Å². The van der Waals surface area contributed by atoms with Gasteiger partial charge in [0.1, 0.15) is 0 Å². The van der Waals surface area contributed by atoms with E-state index in [0.29, 0.717) is 0 Å². The molecule has 1 spiro atoms. The molecule has 0 saturated heterocycles. The van der Waals surface area contributed by atoms with Gasteiger partial charge in [0.15, 0.2) is 8.07 Å². The van der Waals surface area contributed by atoms with Crippen molar-refractivity contribution in [1.29, 1.82) is 0 Å². The van der Waals surface area contributed by atoms with Crippen LogP contribution in [-0.4, -0.2) is 8.07 Å². The van der Waals surface area contributed by atoms with Crippen molar-refractivity contribution in [3.05, 3.63) is 283 Å². The second-order valence-corrected chi connectivity index (χ2v) is 21.6. The van der Waals surface area contributed by atoms with Crippen LogP contribution < -0.4 is 25.6 Å². The van der Waals surface area contributed by atoms with Crippen LogP contribution in [-0.2, 0) is 5.41 Å². The number of fused-ring (bicyclic) bond motifs is 8. The van der Waals surface area contributed by atoms with Gasteiger partial charge in [0.2, 0.25) is 0 Å². The molecule has 10 aromatic carbocycles. The molecule has 2 aliphatic rings. The van der Waals surface area contributed by atoms with E-state index in [2.05, 4.69) is 266 Å². The van der Waals surface area contributed by atoms with E-state index in [9.17, 15) is 0 Å². The molecule has 1 nitrogen and oxygen atoms in total. The molecule has 3 heteroatoms. The summed E-state index contributed by atoms with van der Waals surface area (Å²) >= 11 is 1.90. The van der Waals surface area contributed by atoms with Crippen molar-refractivity contribution in [2.24, 2.45) is 0 Å². The molecule has 0 bridgehead atoms. The normalized spacial score (nSPS) is 13.8. The molecule has 0 saturated carbocycles. The van der Waals surface area contributed by atoms with E-state index in [1.165, 1.54) is 75.0 Å². The maximum absolute atomic E-state index is 2.83. The maximum Gasteiger partial charge on any atom is 0.180 e. The fourth-order valence-electron chi connectivity index (χ4n) is 10.8. The molecule has 0 N–H and O–H groups in total. The third-order valence-electron chi connectivity index (χ3n) is 13.4. The summed E-state index contributed by atoms with van der Waals surface area (Å²) in [6, 6.07) is 97.4. The van der Waals surface area contributed by atoms with Gasteiger partial charge >= 0.3 is 0 Å². The van der Waals surface area contributed by atoms with E-state index in [1.54, 1.807) is 0 Å². The standard InChI is InChI=1S/C61H43NSSi/c1-6-22-44(23-7-1)46-40-47(45-24-8-2-9-25-45)42-50(41-46)62(48-26-10-3-11-27-48)49-38-39-54-58(43-49)63-57-35-19-16-32-53(57)61(54)55-33-17-20-36-59(55)64(51-28-12-4-13-29-51,52-30-14-5-15-31-52)60-37-21-18-34-56(60)61/h1-43H. The SMILES string of the molecule is c1ccc(-c2cc(-c3ccccc3)cc(N(c3ccccc3)c3ccc4c(c3)Sc3ccccc3C43c4ccccc4[Si](c4ccccc4)(c4ccccc4)c4ccccc43)c2)cc1. The number of rotatable bonds is 7. The van der Waals surface area contributed by atoms with Gasteiger partial charge in [0.05, 0.1) is 5.41 Å². The quantitative estimate of drug-likeness (QED) is 0.147. The molecule has 0 unspecified atom stereocenters. The Morgan fingerprint density at radius 3 is 1.28 bits per heavy atom. The lowest BCUT2D eigenvalue weighted by Gasteiger charge is -2.51. The van der Waals surface area contributed by atoms with E-state index < -0.39 is 13.5 Å². The van der Waals surface area contributed by atoms with Crippen molar-refractivity contribution < 1.29 is 0 Å². The summed E-state index contributed by atoms with van der Waals surface area (Å²) in [7, 11) is -2.83. The van der Waals surface area contributed by atoms with Gasteiger partial charge in [-0.3, -0.25) is 0 Å². The Kier molecular flexibility index (Phi) is 9.40. The van der Waals surface area contributed by atoms with Crippen LogP contribution in [0.1, 0.15) is 22.3 Å². The first-order valence-electron chi connectivity index (χ1n) is 22.1. The highest BCUT2D eigenvalue weighted by atomic mass is 32.2. The van der Waals surface area contributed by atoms with Crippen molar-refractivity contribution in [3.8, 4) is 22.3 Å². The number of hydrogen-bond donors (Lipinski definition) is 0. The summed E-state index contributed by atoms with van der Waals surface area (Å²) < 4.78 is 0. The summed E-state index contributed by atoms with van der Waals surface area (Å²) in [4.78, 5) is 4.99. The highest BCUT2D eigenvalue weighted by molar-refractivity contribution is 7.99. The zero-order chi connectivity index (χ0) is 42.5. The highest BCUT2D eigenvalue weighted by Gasteiger charge is 2.57. The lowest BCUT2D eigenvalue weighted by atomic mass is 9.64. The first-order valence-corrected chi connectivity index (χ1v) is 24.9. The number of para-hydroxylation sites is 1. The Bertz CT molecular complexity index is 3150. The Hall–Kier alpha value is -7.43. The minimum Gasteiger partial charge on any atom is -0.310 e. The van der Waals surface area contributed by atoms with Crippen LogP contribution in [0.5, 0.6) is 0 Å². The van der Waals surface area contributed by atoms with Crippen LogP contribution in [0.2, 0.25) is 0 Å². The summed E-state index contributed by atoms with van der Waals surface area (Å²) in [6.45, 7) is 0. The molecule has 2 heterocycles. The van der Waals surface area contributed by atoms with Crippen molar-refractivity contribution in [2.45, 2.75) is 15.2 Å². The molecule has 64 heavy (non-hydrogen) atoms. The minimum absolute atomic E-state index is 0.561. The molecule has 12 rings (SSSR count). The number of nitrogens with zero attached hydrogens (tertiary/aromatic N) is 1. The third-order valence-corrected chi connectivity index (χ3v) is 19.4. The van der Waals surface area contributed by atoms with E-state index in [-0.39, 0.29) is 0 Å². The van der Waals surface area contributed by atoms with Crippen LogP contribution in [0.3, 0.4) is 0 Å². The smallest absolute Gasteiger partial charge is 0.180 e. The van der Waals surface area contributed by atoms with Crippen LogP contribution in [0.25, 0.3) is 22.3 Å². The molecule has 302 valence electrons. The topological polar surface area (TPSA) is 3.24 Å². The largest absolute Gasteiger partial charge is 0.310 e. The molecular formula is C61H43NSSi. The van der Waals surface area contributed by atoms with Crippen LogP contribution in [0.4, 0.5) is 17.1 Å². The molecule has 0 aromatic heterocycles. The maximum atomic E-state index is 2.46. The van der Waals surface area contributed by atoms with E-state index in [1.807, 2.05) is 11.8 Å². The van der Waals surface area contributed by atoms with E-state index >= 15 is 0 Å². The Labute approximate surface area is 381 Å². The van der Waals surface area contributed by atoms with E-state index in [4.69, 9.17) is 0 Å². The van der Waals surface area contributed by atoms with Gasteiger partial charge in [-0.1, -0.05) is 224 Å². The van der Waals surface area contributed by atoms with E-state index in [0.717, 1.165) is 17.1 Å². The summed E-state index contributed by atoms with van der Waals surface area (Å²) in [6.07, 6.45) is 0. The average molecular weight is 850 g/mol. The van der Waals surface area contributed by atoms with Crippen molar-refractivity contribution in [2.75, 3.05) is 4.90 Å². The van der Waals surface area contributed by atoms with Gasteiger partial charge < -0.3 is 4.90 Å². The van der Waals surface area contributed by atoms with Crippen LogP contribution in [0.15, 0.2) is 271 Å². The van der Waals surface area contributed by atoms with Gasteiger partial charge in [-0.25, -0.2) is 0 Å². The monoisotopic (exact) mass is 849 g/mol. The molecule has 0 fully saturated rings. The third kappa shape index (κ3) is 5.92. The molecule has 10 aromatic rings. The van der Waals surface area contributed by atoms with Crippen LogP contribution in [0, 0.1) is 0 Å². The minimum atomic E-state index is -2.83. The zero-order valence-corrected chi connectivity index (χ0v) is 37.0. The summed E-state index contributed by atoms with van der Waals surface area (Å²) in [5.41, 5.74) is 12.9. The first kappa shape index (κ1) is 38.3. The van der Waals surface area contributed by atoms with Gasteiger partial charge in [-0.05, 0) is 114 Å². The zero-order valence-electron chi connectivity index (χ0n) is 35.2. The highest BCUT2D eigenvalue weighted by Crippen LogP contribution is 2.57. The second-order valence-electron chi connectivity index (χ2n) is 16.8. The van der Waals surface area contributed by atoms with Crippen LogP contribution >= 0.6 is 11.8 Å². The number of anilines is 3. The van der Waals surface area contributed by atoms with Gasteiger partial charge in [0.25, 0.3) is 0 Å². The molecule has 0 aliphatic carbocycles. The predicted octanol–water partition coefficient (Wildman–Crippen LogP) is 13.0. The second kappa shape index (κ2) is 15.7. The summed E-state index contributed by atoms with van der Waals surface area (Å²) in [5, 5.41) is 5.69. The van der Waals surface area contributed by atoms with Gasteiger partial charge in [-0.15, -0.1) is 0 Å². The summed E-state index contributed by atoms with van der Waals surface area (Å²) in [5.74, 6) is 0. The number of hydrogen-bond acceptors (Lipinski definition) is 2. The Balaban J connectivity index is 1.13. The Morgan fingerprint density at radius 1 is 0.297 bits per heavy atom. The fraction of sp³-hybridized carbons (Fsp3) is 0.0164. The lowest BCUT2D eigenvalue weighted by Crippen LogP contribution is -2.79. The molecule has 0 radical (unpaired) electrons.